The molecule has 1 N–H and O–H groups in total. The van der Waals surface area contributed by atoms with Crippen molar-refractivity contribution in [2.24, 2.45) is 5.92 Å². The van der Waals surface area contributed by atoms with Gasteiger partial charge in [-0.2, -0.15) is 0 Å². The van der Waals surface area contributed by atoms with Gasteiger partial charge in [-0.05, 0) is 78.4 Å². The van der Waals surface area contributed by atoms with Gasteiger partial charge in [-0.15, -0.1) is 0 Å². The fourth-order valence-corrected chi connectivity index (χ4v) is 5.10. The first kappa shape index (κ1) is 25.2. The van der Waals surface area contributed by atoms with Gasteiger partial charge in [0.2, 0.25) is 0 Å². The molecule has 4 rings (SSSR count). The molecular formula is C24H43N3O5. The van der Waals surface area contributed by atoms with Crippen molar-refractivity contribution >= 4 is 12.1 Å². The quantitative estimate of drug-likeness (QED) is 0.425. The lowest BCUT2D eigenvalue weighted by Crippen LogP contribution is -2.55. The number of carbonyl (C=O) groups is 2. The lowest BCUT2D eigenvalue weighted by Gasteiger charge is -2.43. The van der Waals surface area contributed by atoms with E-state index in [0.717, 1.165) is 65.0 Å². The van der Waals surface area contributed by atoms with Crippen molar-refractivity contribution in [3.8, 4) is 0 Å². The van der Waals surface area contributed by atoms with E-state index in [9.17, 15) is 9.59 Å². The lowest BCUT2D eigenvalue weighted by atomic mass is 9.86. The van der Waals surface area contributed by atoms with Crippen molar-refractivity contribution in [1.29, 1.82) is 0 Å². The Bertz CT molecular complexity index is 615. The average Bonchev–Trinajstić information content (AvgIpc) is 2.74. The number of alkyl carbamates (subject to hydrolysis) is 1. The van der Waals surface area contributed by atoms with E-state index in [2.05, 4.69) is 15.1 Å². The summed E-state index contributed by atoms with van der Waals surface area (Å²) >= 11 is 0. The topological polar surface area (TPSA) is 80.3 Å². The Kier molecular flexibility index (Phi) is 9.20. The van der Waals surface area contributed by atoms with Crippen molar-refractivity contribution in [1.82, 2.24) is 15.1 Å². The number of unbranched alkanes of at least 4 members (excludes halogenated alkanes) is 2. The normalized spacial score (nSPS) is 30.7. The SMILES string of the molecule is COC1CN(CCCCCC(=O)OC2CN3CCC2CC3)CC[C@H]1NC(=O)OC(C)(C)C. The predicted molar refractivity (Wildman–Crippen MR) is 123 cm³/mol. The van der Waals surface area contributed by atoms with Crippen molar-refractivity contribution < 1.29 is 23.8 Å². The number of rotatable bonds is 9. The van der Waals surface area contributed by atoms with Gasteiger partial charge in [0.05, 0.1) is 12.1 Å². The minimum Gasteiger partial charge on any atom is -0.461 e. The summed E-state index contributed by atoms with van der Waals surface area (Å²) in [4.78, 5) is 29.1. The molecule has 0 aromatic carbocycles. The van der Waals surface area contributed by atoms with Gasteiger partial charge in [-0.3, -0.25) is 9.69 Å². The number of hydrogen-bond donors (Lipinski definition) is 1. The number of carbonyl (C=O) groups excluding carboxylic acids is 2. The Morgan fingerprint density at radius 1 is 0.969 bits per heavy atom. The highest BCUT2D eigenvalue weighted by atomic mass is 16.6. The van der Waals surface area contributed by atoms with Gasteiger partial charge in [0.15, 0.2) is 0 Å². The van der Waals surface area contributed by atoms with Gasteiger partial charge in [0.1, 0.15) is 11.7 Å². The van der Waals surface area contributed by atoms with Crippen LogP contribution in [0.3, 0.4) is 0 Å². The number of likely N-dealkylation sites (tertiary alicyclic amines) is 1. The predicted octanol–water partition coefficient (Wildman–Crippen LogP) is 2.80. The van der Waals surface area contributed by atoms with Crippen LogP contribution in [0.5, 0.6) is 0 Å². The van der Waals surface area contributed by atoms with Gasteiger partial charge >= 0.3 is 12.1 Å². The van der Waals surface area contributed by atoms with Crippen LogP contribution in [0.4, 0.5) is 4.79 Å². The van der Waals surface area contributed by atoms with Gasteiger partial charge in [0.25, 0.3) is 0 Å². The molecule has 0 aliphatic carbocycles. The Morgan fingerprint density at radius 2 is 1.72 bits per heavy atom. The molecule has 8 heteroatoms. The molecule has 2 unspecified atom stereocenters. The van der Waals surface area contributed by atoms with E-state index < -0.39 is 5.60 Å². The summed E-state index contributed by atoms with van der Waals surface area (Å²) in [7, 11) is 1.69. The van der Waals surface area contributed by atoms with Crippen LogP contribution < -0.4 is 5.32 Å². The summed E-state index contributed by atoms with van der Waals surface area (Å²) in [5.74, 6) is 0.544. The second-order valence-corrected chi connectivity index (χ2v) is 10.6. The first-order valence-electron chi connectivity index (χ1n) is 12.4. The van der Waals surface area contributed by atoms with E-state index >= 15 is 0 Å². The molecule has 8 nitrogen and oxygen atoms in total. The zero-order valence-electron chi connectivity index (χ0n) is 20.4. The van der Waals surface area contributed by atoms with Gasteiger partial charge in [0, 0.05) is 33.2 Å². The Balaban J connectivity index is 1.27. The smallest absolute Gasteiger partial charge is 0.407 e. The first-order chi connectivity index (χ1) is 15.2. The fraction of sp³-hybridized carbons (Fsp3) is 0.917. The molecule has 0 aromatic heterocycles. The molecule has 2 bridgehead atoms. The fourth-order valence-electron chi connectivity index (χ4n) is 5.10. The summed E-state index contributed by atoms with van der Waals surface area (Å²) < 4.78 is 16.8. The maximum atomic E-state index is 12.2. The van der Waals surface area contributed by atoms with Crippen LogP contribution in [0.1, 0.15) is 65.7 Å². The number of esters is 1. The molecule has 3 atom stereocenters. The summed E-state index contributed by atoms with van der Waals surface area (Å²) in [6, 6.07) is -0.0350. The van der Waals surface area contributed by atoms with E-state index in [1.165, 1.54) is 12.8 Å². The second kappa shape index (κ2) is 11.7. The Morgan fingerprint density at radius 3 is 2.34 bits per heavy atom. The largest absolute Gasteiger partial charge is 0.461 e. The van der Waals surface area contributed by atoms with E-state index in [-0.39, 0.29) is 30.3 Å². The summed E-state index contributed by atoms with van der Waals surface area (Å²) in [6.07, 6.45) is 6.33. The average molecular weight is 454 g/mol. The highest BCUT2D eigenvalue weighted by molar-refractivity contribution is 5.69. The maximum absolute atomic E-state index is 12.2. The third-order valence-electron chi connectivity index (χ3n) is 6.88. The number of ether oxygens (including phenoxy) is 3. The highest BCUT2D eigenvalue weighted by Gasteiger charge is 2.36. The molecule has 32 heavy (non-hydrogen) atoms. The van der Waals surface area contributed by atoms with Gasteiger partial charge in [-0.25, -0.2) is 4.79 Å². The summed E-state index contributed by atoms with van der Waals surface area (Å²) in [5.41, 5.74) is -0.506. The van der Waals surface area contributed by atoms with Crippen molar-refractivity contribution in [2.75, 3.05) is 46.4 Å². The second-order valence-electron chi connectivity index (χ2n) is 10.6. The van der Waals surface area contributed by atoms with Crippen molar-refractivity contribution in [3.05, 3.63) is 0 Å². The molecular weight excluding hydrogens is 410 g/mol. The third-order valence-corrected chi connectivity index (χ3v) is 6.88. The van der Waals surface area contributed by atoms with Crippen LogP contribution in [0, 0.1) is 5.92 Å². The number of amides is 1. The lowest BCUT2D eigenvalue weighted by molar-refractivity contribution is -0.158. The molecule has 0 radical (unpaired) electrons. The number of nitrogens with one attached hydrogen (secondary N) is 1. The minimum absolute atomic E-state index is 0.0303. The molecule has 0 saturated carbocycles. The summed E-state index contributed by atoms with van der Waals surface area (Å²) in [5, 5.41) is 2.96. The molecule has 4 aliphatic heterocycles. The highest BCUT2D eigenvalue weighted by Crippen LogP contribution is 2.29. The maximum Gasteiger partial charge on any atom is 0.407 e. The standard InChI is InChI=1S/C24H43N3O5/c1-24(2,3)32-23(29)25-19-11-15-26(17-21(19)30-4)12-7-5-6-8-22(28)31-20-16-27-13-9-18(20)10-14-27/h18-21H,5-17H2,1-4H3,(H,25,29)/t19-,20?,21?/m1/s1. The van der Waals surface area contributed by atoms with Gasteiger partial charge < -0.3 is 24.4 Å². The summed E-state index contributed by atoms with van der Waals surface area (Å²) in [6.45, 7) is 11.5. The van der Waals surface area contributed by atoms with Gasteiger partial charge in [-0.1, -0.05) is 6.42 Å². The third kappa shape index (κ3) is 7.89. The van der Waals surface area contributed by atoms with Crippen LogP contribution in [0.25, 0.3) is 0 Å². The monoisotopic (exact) mass is 453 g/mol. The molecule has 4 saturated heterocycles. The van der Waals surface area contributed by atoms with Crippen LogP contribution >= 0.6 is 0 Å². The molecule has 1 amide bonds. The van der Waals surface area contributed by atoms with E-state index in [4.69, 9.17) is 14.2 Å². The van der Waals surface area contributed by atoms with Crippen LogP contribution in [-0.2, 0) is 19.0 Å². The minimum atomic E-state index is -0.506. The molecule has 0 aromatic rings. The number of methoxy groups -OCH3 is 1. The van der Waals surface area contributed by atoms with E-state index in [1.807, 2.05) is 20.8 Å². The number of piperidine rings is 4. The van der Waals surface area contributed by atoms with E-state index in [0.29, 0.717) is 12.3 Å². The van der Waals surface area contributed by atoms with Crippen molar-refractivity contribution in [2.45, 2.75) is 89.6 Å². The zero-order valence-corrected chi connectivity index (χ0v) is 20.4. The number of fused-ring (bicyclic) bond motifs is 3. The number of nitrogens with zero attached hydrogens (tertiary/aromatic N) is 2. The first-order valence-corrected chi connectivity index (χ1v) is 12.4. The Labute approximate surface area is 193 Å². The number of hydrogen-bond acceptors (Lipinski definition) is 7. The van der Waals surface area contributed by atoms with Crippen molar-refractivity contribution in [3.63, 3.8) is 0 Å². The van der Waals surface area contributed by atoms with Crippen LogP contribution in [0.15, 0.2) is 0 Å². The molecule has 4 heterocycles. The van der Waals surface area contributed by atoms with Crippen LogP contribution in [0.2, 0.25) is 0 Å². The molecule has 4 aliphatic rings. The molecule has 184 valence electrons. The van der Waals surface area contributed by atoms with E-state index in [1.54, 1.807) is 7.11 Å². The Hall–Kier alpha value is -1.38. The molecule has 4 fully saturated rings. The zero-order chi connectivity index (χ0) is 23.1. The van der Waals surface area contributed by atoms with Crippen LogP contribution in [-0.4, -0.2) is 92.1 Å². The molecule has 0 spiro atoms.